The summed E-state index contributed by atoms with van der Waals surface area (Å²) in [4.78, 5) is 12.0. The van der Waals surface area contributed by atoms with Crippen LogP contribution in [0.5, 0.6) is 0 Å². The summed E-state index contributed by atoms with van der Waals surface area (Å²) >= 11 is 0. The smallest absolute Gasteiger partial charge is 0.254 e. The first-order valence-electron chi connectivity index (χ1n) is 8.35. The molecular formula is C18H17F2NO5S2. The fraction of sp³-hybridized carbons (Fsp3) is 0.278. The Kier molecular flexibility index (Phi) is 5.53. The monoisotopic (exact) mass is 429 g/mol. The summed E-state index contributed by atoms with van der Waals surface area (Å²) in [7, 11) is -7.44. The summed E-state index contributed by atoms with van der Waals surface area (Å²) in [6.45, 7) is -0.00357. The molecule has 1 heterocycles. The van der Waals surface area contributed by atoms with E-state index in [2.05, 4.69) is 5.32 Å². The van der Waals surface area contributed by atoms with E-state index in [4.69, 9.17) is 0 Å². The van der Waals surface area contributed by atoms with Gasteiger partial charge in [0, 0.05) is 6.54 Å². The third-order valence-electron chi connectivity index (χ3n) is 4.51. The minimum atomic E-state index is -4.02. The molecular weight excluding hydrogens is 412 g/mol. The molecule has 2 aromatic rings. The van der Waals surface area contributed by atoms with Crippen molar-refractivity contribution in [1.29, 1.82) is 0 Å². The molecule has 3 rings (SSSR count). The van der Waals surface area contributed by atoms with Crippen molar-refractivity contribution in [2.24, 2.45) is 0 Å². The van der Waals surface area contributed by atoms with Gasteiger partial charge in [0.05, 0.1) is 27.2 Å². The summed E-state index contributed by atoms with van der Waals surface area (Å²) in [6.07, 6.45) is -0.0336. The second-order valence-electron chi connectivity index (χ2n) is 6.52. The molecule has 28 heavy (non-hydrogen) atoms. The van der Waals surface area contributed by atoms with Crippen molar-refractivity contribution in [3.8, 4) is 0 Å². The first-order valence-corrected chi connectivity index (χ1v) is 11.7. The molecule has 150 valence electrons. The first-order chi connectivity index (χ1) is 13.1. The number of carbonyl (C=O) groups is 1. The van der Waals surface area contributed by atoms with Crippen LogP contribution >= 0.6 is 0 Å². The maximum atomic E-state index is 14.1. The van der Waals surface area contributed by atoms with Crippen LogP contribution in [0.3, 0.4) is 0 Å². The molecule has 10 heteroatoms. The lowest BCUT2D eigenvalue weighted by molar-refractivity contribution is 0.0946. The highest BCUT2D eigenvalue weighted by molar-refractivity contribution is 7.96. The second kappa shape index (κ2) is 7.59. The van der Waals surface area contributed by atoms with Crippen molar-refractivity contribution in [2.75, 3.05) is 11.5 Å². The third-order valence-corrected chi connectivity index (χ3v) is 8.68. The summed E-state index contributed by atoms with van der Waals surface area (Å²) in [6, 6.07) is 8.13. The normalized spacial score (nSPS) is 18.7. The van der Waals surface area contributed by atoms with E-state index in [0.29, 0.717) is 5.56 Å². The van der Waals surface area contributed by atoms with Crippen LogP contribution in [-0.4, -0.2) is 39.5 Å². The molecule has 6 nitrogen and oxygen atoms in total. The molecule has 0 aromatic heterocycles. The topological polar surface area (TPSA) is 97.4 Å². The highest BCUT2D eigenvalue weighted by Crippen LogP contribution is 2.26. The van der Waals surface area contributed by atoms with Crippen LogP contribution in [0.4, 0.5) is 8.78 Å². The number of carbonyl (C=O) groups excluding carboxylic acids is 1. The van der Waals surface area contributed by atoms with Gasteiger partial charge in [-0.25, -0.2) is 25.6 Å². The molecule has 0 radical (unpaired) electrons. The highest BCUT2D eigenvalue weighted by Gasteiger charge is 2.38. The van der Waals surface area contributed by atoms with E-state index in [-0.39, 0.29) is 23.6 Å². The van der Waals surface area contributed by atoms with Gasteiger partial charge in [0.1, 0.15) is 11.6 Å². The molecule has 1 saturated heterocycles. The van der Waals surface area contributed by atoms with Gasteiger partial charge in [-0.05, 0) is 42.3 Å². The Hall–Kier alpha value is -2.33. The summed E-state index contributed by atoms with van der Waals surface area (Å²) in [5.41, 5.74) is 0.110. The van der Waals surface area contributed by atoms with Crippen molar-refractivity contribution < 1.29 is 30.4 Å². The summed E-state index contributed by atoms with van der Waals surface area (Å²) in [5, 5.41) is 1.33. The van der Waals surface area contributed by atoms with Gasteiger partial charge < -0.3 is 5.32 Å². The quantitative estimate of drug-likeness (QED) is 0.732. The number of rotatable bonds is 5. The van der Waals surface area contributed by atoms with Gasteiger partial charge in [-0.1, -0.05) is 12.1 Å². The van der Waals surface area contributed by atoms with E-state index in [1.165, 1.54) is 24.3 Å². The predicted molar refractivity (Wildman–Crippen MR) is 98.2 cm³/mol. The lowest BCUT2D eigenvalue weighted by atomic mass is 10.2. The Morgan fingerprint density at radius 3 is 2.39 bits per heavy atom. The fourth-order valence-electron chi connectivity index (χ4n) is 2.93. The minimum absolute atomic E-state index is 0.00357. The molecule has 1 amide bonds. The zero-order chi connectivity index (χ0) is 20.5. The van der Waals surface area contributed by atoms with E-state index < -0.39 is 53.8 Å². The molecule has 1 N–H and O–H groups in total. The zero-order valence-corrected chi connectivity index (χ0v) is 16.2. The average molecular weight is 429 g/mol. The number of nitrogens with one attached hydrogen (secondary N) is 1. The predicted octanol–water partition coefficient (Wildman–Crippen LogP) is 1.86. The minimum Gasteiger partial charge on any atom is -0.348 e. The van der Waals surface area contributed by atoms with Crippen molar-refractivity contribution in [3.63, 3.8) is 0 Å². The average Bonchev–Trinajstić information content (AvgIpc) is 3.02. The van der Waals surface area contributed by atoms with E-state index in [1.54, 1.807) is 0 Å². The highest BCUT2D eigenvalue weighted by atomic mass is 32.2. The zero-order valence-electron chi connectivity index (χ0n) is 14.6. The molecule has 1 fully saturated rings. The van der Waals surface area contributed by atoms with Gasteiger partial charge >= 0.3 is 0 Å². The number of hydrogen-bond donors (Lipinski definition) is 1. The lowest BCUT2D eigenvalue weighted by Gasteiger charge is -2.12. The van der Waals surface area contributed by atoms with Crippen LogP contribution in [0.15, 0.2) is 47.4 Å². The van der Waals surface area contributed by atoms with Crippen LogP contribution in [-0.2, 0) is 26.2 Å². The SMILES string of the molecule is O=C(NCc1ccc(F)cc1)c1cc(S(=O)(=O)[C@H]2CCS(=O)(=O)C2)ccc1F. The van der Waals surface area contributed by atoms with Crippen molar-refractivity contribution in [1.82, 2.24) is 5.32 Å². The van der Waals surface area contributed by atoms with Crippen LogP contribution in [0, 0.1) is 11.6 Å². The summed E-state index contributed by atoms with van der Waals surface area (Å²) in [5.74, 6) is -2.89. The molecule has 1 aliphatic heterocycles. The van der Waals surface area contributed by atoms with Crippen LogP contribution in [0.25, 0.3) is 0 Å². The Labute approximate surface area is 161 Å². The lowest BCUT2D eigenvalue weighted by Crippen LogP contribution is -2.26. The standard InChI is InChI=1S/C18H17F2NO5S2/c19-13-3-1-12(2-4-13)10-21-18(22)16-9-14(5-6-17(16)20)28(25,26)15-7-8-27(23,24)11-15/h1-6,9,15H,7-8,10-11H2,(H,21,22)/t15-/m0/s1. The number of halogens is 2. The Balaban J connectivity index is 1.81. The molecule has 0 saturated carbocycles. The van der Waals surface area contributed by atoms with Gasteiger partial charge in [0.25, 0.3) is 5.91 Å². The van der Waals surface area contributed by atoms with E-state index in [0.717, 1.165) is 18.2 Å². The van der Waals surface area contributed by atoms with Crippen molar-refractivity contribution in [2.45, 2.75) is 23.1 Å². The van der Waals surface area contributed by atoms with Crippen LogP contribution < -0.4 is 5.32 Å². The summed E-state index contributed by atoms with van der Waals surface area (Å²) < 4.78 is 75.5. The van der Waals surface area contributed by atoms with Gasteiger partial charge in [-0.15, -0.1) is 0 Å². The Bertz CT molecular complexity index is 1110. The number of hydrogen-bond acceptors (Lipinski definition) is 5. The molecule has 2 aromatic carbocycles. The number of benzene rings is 2. The van der Waals surface area contributed by atoms with Gasteiger partial charge in [0.2, 0.25) is 0 Å². The molecule has 0 unspecified atom stereocenters. The number of sulfone groups is 2. The van der Waals surface area contributed by atoms with Crippen molar-refractivity contribution in [3.05, 3.63) is 65.2 Å². The number of amides is 1. The van der Waals surface area contributed by atoms with E-state index in [9.17, 15) is 30.4 Å². The van der Waals surface area contributed by atoms with Gasteiger partial charge in [0.15, 0.2) is 19.7 Å². The maximum Gasteiger partial charge on any atom is 0.254 e. The molecule has 1 atom stereocenters. The molecule has 0 aliphatic carbocycles. The fourth-order valence-corrected chi connectivity index (χ4v) is 7.32. The van der Waals surface area contributed by atoms with E-state index in [1.807, 2.05) is 0 Å². The first kappa shape index (κ1) is 20.4. The van der Waals surface area contributed by atoms with E-state index >= 15 is 0 Å². The van der Waals surface area contributed by atoms with Crippen LogP contribution in [0.2, 0.25) is 0 Å². The Morgan fingerprint density at radius 1 is 1.11 bits per heavy atom. The van der Waals surface area contributed by atoms with Gasteiger partial charge in [-0.2, -0.15) is 0 Å². The van der Waals surface area contributed by atoms with Gasteiger partial charge in [-0.3, -0.25) is 4.79 Å². The van der Waals surface area contributed by atoms with Crippen LogP contribution in [0.1, 0.15) is 22.3 Å². The third kappa shape index (κ3) is 4.39. The van der Waals surface area contributed by atoms with Crippen molar-refractivity contribution >= 4 is 25.6 Å². The molecule has 1 aliphatic rings. The molecule has 0 spiro atoms. The Morgan fingerprint density at radius 2 is 1.79 bits per heavy atom. The molecule has 0 bridgehead atoms. The second-order valence-corrected chi connectivity index (χ2v) is 11.0. The maximum absolute atomic E-state index is 14.1. The largest absolute Gasteiger partial charge is 0.348 e.